The van der Waals surface area contributed by atoms with Crippen LogP contribution in [0.3, 0.4) is 0 Å². The summed E-state index contributed by atoms with van der Waals surface area (Å²) in [5, 5.41) is 7.59. The van der Waals surface area contributed by atoms with Crippen molar-refractivity contribution in [3.05, 3.63) is 34.9 Å². The highest BCUT2D eigenvalue weighted by Crippen LogP contribution is 2.31. The van der Waals surface area contributed by atoms with Gasteiger partial charge in [0.15, 0.2) is 5.96 Å². The number of benzene rings is 1. The molecule has 1 fully saturated rings. The predicted octanol–water partition coefficient (Wildman–Crippen LogP) is 3.06. The van der Waals surface area contributed by atoms with Crippen LogP contribution in [0, 0.1) is 0 Å². The highest BCUT2D eigenvalue weighted by Gasteiger charge is 2.36. The van der Waals surface area contributed by atoms with Crippen molar-refractivity contribution in [1.29, 1.82) is 0 Å². The van der Waals surface area contributed by atoms with E-state index in [0.717, 1.165) is 24.1 Å². The van der Waals surface area contributed by atoms with E-state index >= 15 is 0 Å². The molecule has 1 saturated heterocycles. The lowest BCUT2D eigenvalue weighted by molar-refractivity contribution is 0.183. The zero-order valence-corrected chi connectivity index (χ0v) is 17.8. The van der Waals surface area contributed by atoms with Crippen LogP contribution in [0.1, 0.15) is 12.0 Å². The first kappa shape index (κ1) is 20.9. The first-order chi connectivity index (χ1) is 10.6. The fourth-order valence-corrected chi connectivity index (χ4v) is 4.18. The molecule has 2 rings (SSSR count). The van der Waals surface area contributed by atoms with Gasteiger partial charge >= 0.3 is 0 Å². The number of hydrogen-bond donors (Lipinski definition) is 2. The van der Waals surface area contributed by atoms with Gasteiger partial charge in [-0.3, -0.25) is 4.99 Å². The molecule has 7 heteroatoms. The zero-order valence-electron chi connectivity index (χ0n) is 13.9. The van der Waals surface area contributed by atoms with Gasteiger partial charge in [-0.15, -0.1) is 24.0 Å². The number of hydrogen-bond acceptors (Lipinski definition) is 3. The lowest BCUT2D eigenvalue weighted by Gasteiger charge is -2.36. The third kappa shape index (κ3) is 5.99. The van der Waals surface area contributed by atoms with Gasteiger partial charge in [-0.1, -0.05) is 23.7 Å². The Kier molecular flexibility index (Phi) is 9.03. The van der Waals surface area contributed by atoms with Crippen molar-refractivity contribution in [2.24, 2.45) is 4.99 Å². The smallest absolute Gasteiger partial charge is 0.191 e. The molecule has 0 bridgehead atoms. The SMILES string of the molecule is CN=C(NCc1ccc(Cl)cc1)NCC1(N(C)C)CCSC1.I. The predicted molar refractivity (Wildman–Crippen MR) is 113 cm³/mol. The summed E-state index contributed by atoms with van der Waals surface area (Å²) in [6.45, 7) is 1.65. The Hall–Kier alpha value is -0.180. The maximum Gasteiger partial charge on any atom is 0.191 e. The first-order valence-electron chi connectivity index (χ1n) is 7.50. The van der Waals surface area contributed by atoms with Crippen LogP contribution in [0.2, 0.25) is 5.02 Å². The summed E-state index contributed by atoms with van der Waals surface area (Å²) < 4.78 is 0. The second-order valence-electron chi connectivity index (χ2n) is 5.83. The van der Waals surface area contributed by atoms with Gasteiger partial charge in [-0.25, -0.2) is 0 Å². The molecule has 1 aliphatic rings. The van der Waals surface area contributed by atoms with Gasteiger partial charge in [0.05, 0.1) is 0 Å². The topological polar surface area (TPSA) is 39.7 Å². The molecular formula is C16H26ClIN4S. The maximum atomic E-state index is 5.91. The normalized spacial score (nSPS) is 21.2. The third-order valence-electron chi connectivity index (χ3n) is 4.21. The molecule has 0 amide bonds. The molecule has 0 aromatic heterocycles. The third-order valence-corrected chi connectivity index (χ3v) is 5.70. The quantitative estimate of drug-likeness (QED) is 0.396. The summed E-state index contributed by atoms with van der Waals surface area (Å²) in [5.41, 5.74) is 1.41. The van der Waals surface area contributed by atoms with E-state index in [1.54, 1.807) is 0 Å². The maximum absolute atomic E-state index is 5.91. The van der Waals surface area contributed by atoms with Gasteiger partial charge < -0.3 is 15.5 Å². The van der Waals surface area contributed by atoms with E-state index < -0.39 is 0 Å². The summed E-state index contributed by atoms with van der Waals surface area (Å²) in [5.74, 6) is 3.24. The van der Waals surface area contributed by atoms with E-state index in [-0.39, 0.29) is 29.5 Å². The van der Waals surface area contributed by atoms with Crippen LogP contribution in [-0.4, -0.2) is 55.6 Å². The lowest BCUT2D eigenvalue weighted by Crippen LogP contribution is -2.54. The second kappa shape index (κ2) is 9.96. The van der Waals surface area contributed by atoms with Crippen LogP contribution in [0.25, 0.3) is 0 Å². The average molecular weight is 469 g/mol. The average Bonchev–Trinajstić information content (AvgIpc) is 2.99. The molecule has 1 aromatic carbocycles. The molecule has 130 valence electrons. The van der Waals surface area contributed by atoms with E-state index in [1.165, 1.54) is 23.5 Å². The molecule has 1 aliphatic heterocycles. The van der Waals surface area contributed by atoms with Gasteiger partial charge in [-0.05, 0) is 44.0 Å². The number of likely N-dealkylation sites (N-methyl/N-ethyl adjacent to an activating group) is 1. The molecule has 4 nitrogen and oxygen atoms in total. The zero-order chi connectivity index (χ0) is 16.0. The molecule has 0 saturated carbocycles. The minimum Gasteiger partial charge on any atom is -0.355 e. The molecule has 1 heterocycles. The molecule has 1 unspecified atom stereocenters. The lowest BCUT2D eigenvalue weighted by atomic mass is 9.97. The van der Waals surface area contributed by atoms with Crippen molar-refractivity contribution in [2.75, 3.05) is 39.2 Å². The van der Waals surface area contributed by atoms with Crippen molar-refractivity contribution in [1.82, 2.24) is 15.5 Å². The van der Waals surface area contributed by atoms with Crippen molar-refractivity contribution in [3.63, 3.8) is 0 Å². The monoisotopic (exact) mass is 468 g/mol. The Morgan fingerprint density at radius 1 is 1.30 bits per heavy atom. The van der Waals surface area contributed by atoms with Crippen molar-refractivity contribution >= 4 is 53.3 Å². The summed E-state index contributed by atoms with van der Waals surface area (Å²) >= 11 is 7.93. The Morgan fingerprint density at radius 2 is 2.00 bits per heavy atom. The van der Waals surface area contributed by atoms with Crippen molar-refractivity contribution in [3.8, 4) is 0 Å². The van der Waals surface area contributed by atoms with Crippen molar-refractivity contribution < 1.29 is 0 Å². The number of thioether (sulfide) groups is 1. The minimum atomic E-state index is 0. The molecule has 1 aromatic rings. The van der Waals surface area contributed by atoms with Crippen LogP contribution >= 0.6 is 47.3 Å². The summed E-state index contributed by atoms with van der Waals surface area (Å²) in [7, 11) is 6.14. The molecule has 1 atom stereocenters. The summed E-state index contributed by atoms with van der Waals surface area (Å²) in [6.07, 6.45) is 1.21. The number of aliphatic imine (C=N–C) groups is 1. The molecule has 0 radical (unpaired) electrons. The molecule has 0 aliphatic carbocycles. The number of rotatable bonds is 5. The minimum absolute atomic E-state index is 0. The fourth-order valence-electron chi connectivity index (χ4n) is 2.50. The number of halogens is 2. The van der Waals surface area contributed by atoms with Gasteiger partial charge in [0.2, 0.25) is 0 Å². The van der Waals surface area contributed by atoms with E-state index in [1.807, 2.05) is 43.1 Å². The molecular weight excluding hydrogens is 443 g/mol. The number of guanidine groups is 1. The summed E-state index contributed by atoms with van der Waals surface area (Å²) in [6, 6.07) is 7.87. The van der Waals surface area contributed by atoms with E-state index in [2.05, 4.69) is 34.6 Å². The standard InChI is InChI=1S/C16H25ClN4S.HI/c1-18-15(19-10-13-4-6-14(17)7-5-13)20-11-16(21(2)3)8-9-22-12-16;/h4-7H,8-12H2,1-3H3,(H2,18,19,20);1H. The van der Waals surface area contributed by atoms with Gasteiger partial charge in [0.1, 0.15) is 0 Å². The number of nitrogens with one attached hydrogen (secondary N) is 2. The van der Waals surface area contributed by atoms with Crippen LogP contribution in [0.4, 0.5) is 0 Å². The van der Waals surface area contributed by atoms with Crippen molar-refractivity contribution in [2.45, 2.75) is 18.5 Å². The van der Waals surface area contributed by atoms with E-state index in [0.29, 0.717) is 0 Å². The summed E-state index contributed by atoms with van der Waals surface area (Å²) in [4.78, 5) is 6.65. The number of nitrogens with zero attached hydrogens (tertiary/aromatic N) is 2. The van der Waals surface area contributed by atoms with Crippen LogP contribution in [0.15, 0.2) is 29.3 Å². The van der Waals surface area contributed by atoms with Crippen LogP contribution in [0.5, 0.6) is 0 Å². The highest BCUT2D eigenvalue weighted by atomic mass is 127. The van der Waals surface area contributed by atoms with Crippen LogP contribution in [-0.2, 0) is 6.54 Å². The van der Waals surface area contributed by atoms with E-state index in [9.17, 15) is 0 Å². The first-order valence-corrected chi connectivity index (χ1v) is 9.03. The Bertz CT molecular complexity index is 501. The largest absolute Gasteiger partial charge is 0.355 e. The highest BCUT2D eigenvalue weighted by molar-refractivity contribution is 14.0. The van der Waals surface area contributed by atoms with Gasteiger partial charge in [0, 0.05) is 36.5 Å². The fraction of sp³-hybridized carbons (Fsp3) is 0.562. The van der Waals surface area contributed by atoms with Crippen LogP contribution < -0.4 is 10.6 Å². The molecule has 0 spiro atoms. The Morgan fingerprint density at radius 3 is 2.52 bits per heavy atom. The molecule has 2 N–H and O–H groups in total. The van der Waals surface area contributed by atoms with E-state index in [4.69, 9.17) is 11.6 Å². The Balaban J connectivity index is 0.00000264. The second-order valence-corrected chi connectivity index (χ2v) is 7.37. The van der Waals surface area contributed by atoms with Gasteiger partial charge in [-0.2, -0.15) is 11.8 Å². The van der Waals surface area contributed by atoms with Gasteiger partial charge in [0.25, 0.3) is 0 Å². The Labute approximate surface area is 165 Å². The molecule has 23 heavy (non-hydrogen) atoms.